The lowest BCUT2D eigenvalue weighted by molar-refractivity contribution is -0.143. The summed E-state index contributed by atoms with van der Waals surface area (Å²) in [6.45, 7) is 0. The maximum atomic E-state index is 12.7. The van der Waals surface area contributed by atoms with Gasteiger partial charge in [0.2, 0.25) is 0 Å². The zero-order chi connectivity index (χ0) is 18.1. The van der Waals surface area contributed by atoms with Crippen LogP contribution in [0.2, 0.25) is 5.15 Å². The van der Waals surface area contributed by atoms with Gasteiger partial charge in [0.05, 0.1) is 23.5 Å². The van der Waals surface area contributed by atoms with Crippen LogP contribution in [0.15, 0.2) is 30.6 Å². The van der Waals surface area contributed by atoms with Crippen LogP contribution in [0.5, 0.6) is 0 Å². The average Bonchev–Trinajstić information content (AvgIpc) is 2.45. The summed E-state index contributed by atoms with van der Waals surface area (Å²) in [5.74, 6) is -1.04. The van der Waals surface area contributed by atoms with Crippen molar-refractivity contribution in [2.45, 2.75) is 12.4 Å². The van der Waals surface area contributed by atoms with Crippen molar-refractivity contribution in [3.63, 3.8) is 0 Å². The summed E-state index contributed by atoms with van der Waals surface area (Å²) >= 11 is 5.46. The summed E-state index contributed by atoms with van der Waals surface area (Å²) in [5.41, 5.74) is -4.10. The molecule has 0 saturated heterocycles. The minimum Gasteiger partial charge on any atom is -0.321 e. The van der Waals surface area contributed by atoms with E-state index in [1.807, 2.05) is 5.32 Å². The van der Waals surface area contributed by atoms with Crippen molar-refractivity contribution < 1.29 is 31.1 Å². The lowest BCUT2D eigenvalue weighted by Gasteiger charge is -2.14. The van der Waals surface area contributed by atoms with Crippen LogP contribution in [-0.4, -0.2) is 15.9 Å². The molecule has 0 saturated carbocycles. The number of alkyl halides is 6. The number of hydrogen-bond acceptors (Lipinski definition) is 3. The van der Waals surface area contributed by atoms with Gasteiger partial charge in [0.25, 0.3) is 5.91 Å². The number of carbonyl (C=O) groups is 1. The Morgan fingerprint density at radius 2 is 1.46 bits per heavy atom. The monoisotopic (exact) mass is 369 g/mol. The fourth-order valence-corrected chi connectivity index (χ4v) is 1.75. The summed E-state index contributed by atoms with van der Waals surface area (Å²) in [6.07, 6.45) is -8.10. The molecule has 2 aromatic rings. The number of amides is 1. The molecule has 4 nitrogen and oxygen atoms in total. The Kier molecular flexibility index (Phi) is 4.70. The normalized spacial score (nSPS) is 12.1. The van der Waals surface area contributed by atoms with E-state index < -0.39 is 35.1 Å². The molecule has 0 unspecified atom stereocenters. The highest BCUT2D eigenvalue weighted by Crippen LogP contribution is 2.37. The van der Waals surface area contributed by atoms with Gasteiger partial charge in [-0.1, -0.05) is 11.6 Å². The molecule has 1 heterocycles. The summed E-state index contributed by atoms with van der Waals surface area (Å²) in [4.78, 5) is 18.9. The van der Waals surface area contributed by atoms with E-state index >= 15 is 0 Å². The number of nitrogens with one attached hydrogen (secondary N) is 1. The van der Waals surface area contributed by atoms with Gasteiger partial charge in [0.1, 0.15) is 10.8 Å². The van der Waals surface area contributed by atoms with Crippen LogP contribution in [0, 0.1) is 0 Å². The van der Waals surface area contributed by atoms with Gasteiger partial charge in [-0.3, -0.25) is 4.79 Å². The molecule has 0 aliphatic heterocycles. The number of benzene rings is 1. The number of carbonyl (C=O) groups excluding carboxylic acids is 1. The quantitative estimate of drug-likeness (QED) is 0.797. The largest absolute Gasteiger partial charge is 0.416 e. The summed E-state index contributed by atoms with van der Waals surface area (Å²) in [6, 6.07) is 0.727. The highest BCUT2D eigenvalue weighted by atomic mass is 35.5. The van der Waals surface area contributed by atoms with Crippen molar-refractivity contribution in [2.75, 3.05) is 5.32 Å². The fraction of sp³-hybridized carbons (Fsp3) is 0.154. The molecule has 1 amide bonds. The average molecular weight is 370 g/mol. The van der Waals surface area contributed by atoms with E-state index in [0.29, 0.717) is 12.1 Å². The molecule has 24 heavy (non-hydrogen) atoms. The SMILES string of the molecule is O=C(Nc1cc(C(F)(F)F)cc(C(F)(F)F)c1)c1cnc(Cl)cn1. The van der Waals surface area contributed by atoms with E-state index in [9.17, 15) is 31.1 Å². The summed E-state index contributed by atoms with van der Waals surface area (Å²) in [5, 5.41) is 1.88. The molecule has 11 heteroatoms. The molecule has 0 bridgehead atoms. The van der Waals surface area contributed by atoms with Crippen LogP contribution in [-0.2, 0) is 12.4 Å². The van der Waals surface area contributed by atoms with Crippen LogP contribution < -0.4 is 5.32 Å². The first-order valence-corrected chi connectivity index (χ1v) is 6.43. The number of rotatable bonds is 2. The van der Waals surface area contributed by atoms with Gasteiger partial charge in [-0.2, -0.15) is 26.3 Å². The Labute approximate surface area is 135 Å². The van der Waals surface area contributed by atoms with Crippen molar-refractivity contribution in [3.8, 4) is 0 Å². The Balaban J connectivity index is 2.38. The van der Waals surface area contributed by atoms with Crippen molar-refractivity contribution in [2.24, 2.45) is 0 Å². The van der Waals surface area contributed by atoms with Crippen molar-refractivity contribution in [1.29, 1.82) is 0 Å². The highest BCUT2D eigenvalue weighted by Gasteiger charge is 2.37. The molecule has 1 aromatic heterocycles. The molecular weight excluding hydrogens is 364 g/mol. The molecule has 0 aliphatic rings. The Hall–Kier alpha value is -2.36. The second-order valence-corrected chi connectivity index (χ2v) is 4.86. The minimum absolute atomic E-state index is 0.0371. The molecule has 0 radical (unpaired) electrons. The molecular formula is C13H6ClF6N3O. The van der Waals surface area contributed by atoms with Gasteiger partial charge < -0.3 is 5.32 Å². The maximum Gasteiger partial charge on any atom is 0.416 e. The van der Waals surface area contributed by atoms with Crippen LogP contribution in [0.3, 0.4) is 0 Å². The van der Waals surface area contributed by atoms with E-state index in [2.05, 4.69) is 9.97 Å². The Bertz CT molecular complexity index is 726. The molecule has 0 fully saturated rings. The zero-order valence-corrected chi connectivity index (χ0v) is 12.1. The van der Waals surface area contributed by atoms with Gasteiger partial charge in [0, 0.05) is 5.69 Å². The molecule has 1 N–H and O–H groups in total. The minimum atomic E-state index is -5.01. The topological polar surface area (TPSA) is 54.9 Å². The fourth-order valence-electron chi connectivity index (χ4n) is 1.65. The third-order valence-electron chi connectivity index (χ3n) is 2.70. The number of halogens is 7. The Morgan fingerprint density at radius 3 is 1.88 bits per heavy atom. The van der Waals surface area contributed by atoms with Crippen LogP contribution in [0.4, 0.5) is 32.0 Å². The smallest absolute Gasteiger partial charge is 0.321 e. The van der Waals surface area contributed by atoms with Gasteiger partial charge in [-0.15, -0.1) is 0 Å². The zero-order valence-electron chi connectivity index (χ0n) is 11.3. The predicted molar refractivity (Wildman–Crippen MR) is 71.4 cm³/mol. The van der Waals surface area contributed by atoms with Crippen molar-refractivity contribution >= 4 is 23.2 Å². The van der Waals surface area contributed by atoms with E-state index in [1.54, 1.807) is 0 Å². The van der Waals surface area contributed by atoms with Crippen molar-refractivity contribution in [1.82, 2.24) is 9.97 Å². The highest BCUT2D eigenvalue weighted by molar-refractivity contribution is 6.29. The van der Waals surface area contributed by atoms with Gasteiger partial charge in [0.15, 0.2) is 0 Å². The lowest BCUT2D eigenvalue weighted by Crippen LogP contribution is -2.17. The molecule has 2 rings (SSSR count). The van der Waals surface area contributed by atoms with E-state index in [-0.39, 0.29) is 16.9 Å². The van der Waals surface area contributed by atoms with Gasteiger partial charge in [-0.05, 0) is 18.2 Å². The second kappa shape index (κ2) is 6.27. The van der Waals surface area contributed by atoms with Crippen LogP contribution in [0.1, 0.15) is 21.6 Å². The van der Waals surface area contributed by atoms with Gasteiger partial charge >= 0.3 is 12.4 Å². The van der Waals surface area contributed by atoms with E-state index in [4.69, 9.17) is 11.6 Å². The summed E-state index contributed by atoms with van der Waals surface area (Å²) < 4.78 is 76.3. The number of hydrogen-bond donors (Lipinski definition) is 1. The number of anilines is 1. The molecule has 128 valence electrons. The first-order chi connectivity index (χ1) is 11.0. The third kappa shape index (κ3) is 4.34. The maximum absolute atomic E-state index is 12.7. The lowest BCUT2D eigenvalue weighted by atomic mass is 10.1. The third-order valence-corrected chi connectivity index (χ3v) is 2.89. The second-order valence-electron chi connectivity index (χ2n) is 4.47. The first-order valence-electron chi connectivity index (χ1n) is 6.05. The standard InChI is InChI=1S/C13H6ClF6N3O/c14-10-5-21-9(4-22-10)11(24)23-8-2-6(12(15,16)17)1-7(3-8)13(18,19)20/h1-5H,(H,23,24). The molecule has 1 aromatic carbocycles. The number of nitrogens with zero attached hydrogens (tertiary/aromatic N) is 2. The van der Waals surface area contributed by atoms with Gasteiger partial charge in [-0.25, -0.2) is 9.97 Å². The first kappa shape index (κ1) is 18.0. The predicted octanol–water partition coefficient (Wildman–Crippen LogP) is 4.42. The molecule has 0 aliphatic carbocycles. The van der Waals surface area contributed by atoms with E-state index in [1.165, 1.54) is 0 Å². The van der Waals surface area contributed by atoms with Crippen LogP contribution in [0.25, 0.3) is 0 Å². The Morgan fingerprint density at radius 1 is 0.917 bits per heavy atom. The number of aromatic nitrogens is 2. The summed E-state index contributed by atoms with van der Waals surface area (Å²) in [7, 11) is 0. The molecule has 0 atom stereocenters. The van der Waals surface area contributed by atoms with Crippen LogP contribution >= 0.6 is 11.6 Å². The van der Waals surface area contributed by atoms with Crippen molar-refractivity contribution in [3.05, 3.63) is 52.6 Å². The van der Waals surface area contributed by atoms with E-state index in [0.717, 1.165) is 12.4 Å². The molecule has 0 spiro atoms.